The van der Waals surface area contributed by atoms with Crippen molar-refractivity contribution >= 4 is 0 Å². The third-order valence-electron chi connectivity index (χ3n) is 5.35. The zero-order valence-corrected chi connectivity index (χ0v) is 14.6. The maximum Gasteiger partial charge on any atom is 0.123 e. The Bertz CT molecular complexity index is 770. The van der Waals surface area contributed by atoms with Crippen molar-refractivity contribution in [2.24, 2.45) is 0 Å². The van der Waals surface area contributed by atoms with Crippen LogP contribution < -0.4 is 4.74 Å². The molecule has 1 fully saturated rings. The van der Waals surface area contributed by atoms with Crippen LogP contribution in [-0.4, -0.2) is 30.6 Å². The molecular weight excluding hydrogens is 308 g/mol. The topological polar surface area (TPSA) is 36.3 Å². The molecule has 128 valence electrons. The van der Waals surface area contributed by atoms with Crippen LogP contribution in [0, 0.1) is 11.3 Å². The van der Waals surface area contributed by atoms with Gasteiger partial charge in [0.05, 0.1) is 11.6 Å². The monoisotopic (exact) mass is 332 g/mol. The molecular formula is C22H24N2O. The van der Waals surface area contributed by atoms with E-state index in [9.17, 15) is 0 Å². The lowest BCUT2D eigenvalue weighted by Crippen LogP contribution is -2.22. The van der Waals surface area contributed by atoms with Crippen molar-refractivity contribution in [2.45, 2.75) is 38.2 Å². The van der Waals surface area contributed by atoms with Crippen molar-refractivity contribution in [1.29, 1.82) is 5.26 Å². The number of nitrogens with zero attached hydrogens (tertiary/aromatic N) is 2. The van der Waals surface area contributed by atoms with Gasteiger partial charge < -0.3 is 9.64 Å². The van der Waals surface area contributed by atoms with Gasteiger partial charge in [0.25, 0.3) is 0 Å². The van der Waals surface area contributed by atoms with E-state index in [1.165, 1.54) is 44.5 Å². The van der Waals surface area contributed by atoms with Crippen LogP contribution in [0.3, 0.4) is 0 Å². The Morgan fingerprint density at radius 1 is 1.04 bits per heavy atom. The van der Waals surface area contributed by atoms with Crippen LogP contribution >= 0.6 is 0 Å². The summed E-state index contributed by atoms with van der Waals surface area (Å²) in [4.78, 5) is 2.57. The van der Waals surface area contributed by atoms with Gasteiger partial charge in [-0.1, -0.05) is 24.3 Å². The summed E-state index contributed by atoms with van der Waals surface area (Å²) in [5.41, 5.74) is 4.30. The molecule has 1 unspecified atom stereocenters. The maximum absolute atomic E-state index is 8.92. The SMILES string of the molecule is N#Cc1ccc(-c2ccc3c(c2)OC(CCCN2CCCC2)C3)cc1. The van der Waals surface area contributed by atoms with Crippen molar-refractivity contribution in [2.75, 3.05) is 19.6 Å². The molecule has 0 aromatic heterocycles. The molecule has 3 nitrogen and oxygen atoms in total. The van der Waals surface area contributed by atoms with E-state index in [-0.39, 0.29) is 0 Å². The molecule has 1 atom stereocenters. The quantitative estimate of drug-likeness (QED) is 0.814. The first-order valence-corrected chi connectivity index (χ1v) is 9.34. The van der Waals surface area contributed by atoms with Crippen LogP contribution in [0.15, 0.2) is 42.5 Å². The molecule has 2 aliphatic rings. The molecule has 0 amide bonds. The Morgan fingerprint density at radius 2 is 1.80 bits per heavy atom. The molecule has 2 aliphatic heterocycles. The van der Waals surface area contributed by atoms with E-state index in [2.05, 4.69) is 29.2 Å². The smallest absolute Gasteiger partial charge is 0.123 e. The highest BCUT2D eigenvalue weighted by Crippen LogP contribution is 2.34. The second-order valence-electron chi connectivity index (χ2n) is 7.15. The summed E-state index contributed by atoms with van der Waals surface area (Å²) < 4.78 is 6.21. The minimum Gasteiger partial charge on any atom is -0.490 e. The van der Waals surface area contributed by atoms with Crippen molar-refractivity contribution in [3.8, 4) is 22.9 Å². The molecule has 0 aliphatic carbocycles. The fourth-order valence-corrected chi connectivity index (χ4v) is 3.93. The van der Waals surface area contributed by atoms with Crippen molar-refractivity contribution in [3.63, 3.8) is 0 Å². The number of ether oxygens (including phenoxy) is 1. The van der Waals surface area contributed by atoms with Gasteiger partial charge >= 0.3 is 0 Å². The van der Waals surface area contributed by atoms with E-state index >= 15 is 0 Å². The molecule has 4 rings (SSSR count). The first kappa shape index (κ1) is 16.2. The number of benzene rings is 2. The Hall–Kier alpha value is -2.31. The Balaban J connectivity index is 1.37. The van der Waals surface area contributed by atoms with Gasteiger partial charge in [0.1, 0.15) is 11.9 Å². The van der Waals surface area contributed by atoms with E-state index in [1.807, 2.05) is 24.3 Å². The van der Waals surface area contributed by atoms with Crippen LogP contribution in [-0.2, 0) is 6.42 Å². The van der Waals surface area contributed by atoms with Crippen molar-refractivity contribution < 1.29 is 4.74 Å². The predicted octanol–water partition coefficient (Wildman–Crippen LogP) is 4.40. The highest BCUT2D eigenvalue weighted by atomic mass is 16.5. The molecule has 0 spiro atoms. The summed E-state index contributed by atoms with van der Waals surface area (Å²) in [6.45, 7) is 3.77. The third kappa shape index (κ3) is 3.70. The summed E-state index contributed by atoms with van der Waals surface area (Å²) in [7, 11) is 0. The average molecular weight is 332 g/mol. The van der Waals surface area contributed by atoms with E-state index in [0.717, 1.165) is 29.7 Å². The second kappa shape index (κ2) is 7.29. The summed E-state index contributed by atoms with van der Waals surface area (Å²) in [6.07, 6.45) is 6.45. The summed E-state index contributed by atoms with van der Waals surface area (Å²) in [5.74, 6) is 1.04. The van der Waals surface area contributed by atoms with E-state index in [1.54, 1.807) is 0 Å². The fourth-order valence-electron chi connectivity index (χ4n) is 3.93. The molecule has 2 heterocycles. The average Bonchev–Trinajstić information content (AvgIpc) is 3.30. The minimum atomic E-state index is 0.328. The predicted molar refractivity (Wildman–Crippen MR) is 99.6 cm³/mol. The zero-order chi connectivity index (χ0) is 17.1. The number of likely N-dealkylation sites (tertiary alicyclic amines) is 1. The Labute approximate surface area is 149 Å². The van der Waals surface area contributed by atoms with Gasteiger partial charge in [0, 0.05) is 6.42 Å². The van der Waals surface area contributed by atoms with Gasteiger partial charge in [0.15, 0.2) is 0 Å². The fraction of sp³-hybridized carbons (Fsp3) is 0.409. The largest absolute Gasteiger partial charge is 0.490 e. The lowest BCUT2D eigenvalue weighted by atomic mass is 10.0. The van der Waals surface area contributed by atoms with Crippen LogP contribution in [0.2, 0.25) is 0 Å². The zero-order valence-electron chi connectivity index (χ0n) is 14.6. The Morgan fingerprint density at radius 3 is 2.56 bits per heavy atom. The highest BCUT2D eigenvalue weighted by Gasteiger charge is 2.23. The summed E-state index contributed by atoms with van der Waals surface area (Å²) in [6, 6.07) is 16.4. The first-order valence-electron chi connectivity index (χ1n) is 9.34. The molecule has 25 heavy (non-hydrogen) atoms. The molecule has 2 aromatic rings. The standard InChI is InChI=1S/C22H24N2O/c23-16-17-5-7-18(8-6-17)19-9-10-20-14-21(25-22(20)15-19)4-3-13-24-11-1-2-12-24/h5-10,15,21H,1-4,11-14H2. The Kier molecular flexibility index (Phi) is 4.72. The lowest BCUT2D eigenvalue weighted by molar-refractivity contribution is 0.207. The first-order chi connectivity index (χ1) is 12.3. The van der Waals surface area contributed by atoms with Gasteiger partial charge in [-0.3, -0.25) is 0 Å². The molecule has 2 aromatic carbocycles. The molecule has 1 saturated heterocycles. The second-order valence-corrected chi connectivity index (χ2v) is 7.15. The molecule has 0 radical (unpaired) electrons. The van der Waals surface area contributed by atoms with Crippen LogP contribution in [0.4, 0.5) is 0 Å². The van der Waals surface area contributed by atoms with Crippen LogP contribution in [0.25, 0.3) is 11.1 Å². The van der Waals surface area contributed by atoms with E-state index in [4.69, 9.17) is 10.00 Å². The van der Waals surface area contributed by atoms with Gasteiger partial charge in [-0.2, -0.15) is 5.26 Å². The normalized spacial score (nSPS) is 19.4. The summed E-state index contributed by atoms with van der Waals surface area (Å²) in [5, 5.41) is 8.92. The van der Waals surface area contributed by atoms with Crippen LogP contribution in [0.5, 0.6) is 5.75 Å². The van der Waals surface area contributed by atoms with E-state index < -0.39 is 0 Å². The van der Waals surface area contributed by atoms with Crippen molar-refractivity contribution in [1.82, 2.24) is 4.90 Å². The van der Waals surface area contributed by atoms with Gasteiger partial charge in [-0.05, 0) is 80.2 Å². The van der Waals surface area contributed by atoms with E-state index in [0.29, 0.717) is 11.7 Å². The molecule has 0 N–H and O–H groups in total. The number of hydrogen-bond donors (Lipinski definition) is 0. The minimum absolute atomic E-state index is 0.328. The number of nitriles is 1. The number of rotatable bonds is 5. The maximum atomic E-state index is 8.92. The van der Waals surface area contributed by atoms with Crippen molar-refractivity contribution in [3.05, 3.63) is 53.6 Å². The highest BCUT2D eigenvalue weighted by molar-refractivity contribution is 5.67. The van der Waals surface area contributed by atoms with Gasteiger partial charge in [-0.15, -0.1) is 0 Å². The molecule has 0 saturated carbocycles. The van der Waals surface area contributed by atoms with Gasteiger partial charge in [0.2, 0.25) is 0 Å². The number of fused-ring (bicyclic) bond motifs is 1. The molecule has 0 bridgehead atoms. The van der Waals surface area contributed by atoms with Crippen LogP contribution in [0.1, 0.15) is 36.8 Å². The molecule has 3 heteroatoms. The summed E-state index contributed by atoms with van der Waals surface area (Å²) >= 11 is 0. The van der Waals surface area contributed by atoms with Gasteiger partial charge in [-0.25, -0.2) is 0 Å². The third-order valence-corrected chi connectivity index (χ3v) is 5.35. The lowest BCUT2D eigenvalue weighted by Gasteiger charge is -2.16. The number of hydrogen-bond acceptors (Lipinski definition) is 3.